The highest BCUT2D eigenvalue weighted by Crippen LogP contribution is 2.54. The van der Waals surface area contributed by atoms with E-state index in [-0.39, 0.29) is 17.7 Å². The zero-order valence-electron chi connectivity index (χ0n) is 19.1. The lowest BCUT2D eigenvalue weighted by atomic mass is 9.74. The number of hydrogen-bond donors (Lipinski definition) is 1. The number of carbonyl (C=O) groups is 1. The summed E-state index contributed by atoms with van der Waals surface area (Å²) in [5, 5.41) is 9.79. The zero-order chi connectivity index (χ0) is 25.1. The Morgan fingerprint density at radius 3 is 2.51 bits per heavy atom. The molecular weight excluding hydrogens is 535 g/mol. The number of carboxylic acid groups (broad SMARTS) is 1. The van der Waals surface area contributed by atoms with Crippen molar-refractivity contribution in [2.24, 2.45) is 5.92 Å². The van der Waals surface area contributed by atoms with Crippen molar-refractivity contribution in [1.82, 2.24) is 0 Å². The van der Waals surface area contributed by atoms with Gasteiger partial charge in [0.05, 0.1) is 12.2 Å². The van der Waals surface area contributed by atoms with Gasteiger partial charge in [-0.1, -0.05) is 70.0 Å². The largest absolute Gasteiger partial charge is 0.482 e. The number of hydrogen-bond acceptors (Lipinski definition) is 3. The van der Waals surface area contributed by atoms with Crippen molar-refractivity contribution < 1.29 is 23.8 Å². The lowest BCUT2D eigenvalue weighted by molar-refractivity contribution is -0.139. The van der Waals surface area contributed by atoms with Crippen molar-refractivity contribution in [3.63, 3.8) is 0 Å². The van der Waals surface area contributed by atoms with E-state index in [2.05, 4.69) is 22.5 Å². The molecule has 1 aliphatic heterocycles. The summed E-state index contributed by atoms with van der Waals surface area (Å²) < 4.78 is 27.0. The van der Waals surface area contributed by atoms with Crippen molar-refractivity contribution in [3.05, 3.63) is 111 Å². The van der Waals surface area contributed by atoms with Crippen LogP contribution in [0.2, 0.25) is 5.02 Å². The number of rotatable bonds is 7. The Balaban J connectivity index is 1.82. The molecular formula is C28H25BrClFO4. The van der Waals surface area contributed by atoms with Gasteiger partial charge in [-0.05, 0) is 60.9 Å². The third-order valence-corrected chi connectivity index (χ3v) is 7.14. The van der Waals surface area contributed by atoms with E-state index in [1.807, 2.05) is 37.3 Å². The van der Waals surface area contributed by atoms with Crippen LogP contribution in [-0.2, 0) is 9.53 Å². The first kappa shape index (κ1) is 25.4. The topological polar surface area (TPSA) is 55.8 Å². The van der Waals surface area contributed by atoms with Crippen LogP contribution in [0.4, 0.5) is 4.39 Å². The van der Waals surface area contributed by atoms with Gasteiger partial charge in [-0.3, -0.25) is 0 Å². The molecule has 0 saturated carbocycles. The van der Waals surface area contributed by atoms with Gasteiger partial charge in [0, 0.05) is 26.9 Å². The zero-order valence-corrected chi connectivity index (χ0v) is 21.4. The Morgan fingerprint density at radius 2 is 1.86 bits per heavy atom. The van der Waals surface area contributed by atoms with Crippen LogP contribution in [0.5, 0.6) is 5.75 Å². The smallest absolute Gasteiger partial charge is 0.341 e. The molecule has 0 amide bonds. The Bertz CT molecular complexity index is 1230. The van der Waals surface area contributed by atoms with E-state index in [4.69, 9.17) is 26.2 Å². The quantitative estimate of drug-likeness (QED) is 0.299. The first-order chi connectivity index (χ1) is 16.7. The molecule has 1 aliphatic rings. The van der Waals surface area contributed by atoms with Gasteiger partial charge in [-0.25, -0.2) is 9.18 Å². The summed E-state index contributed by atoms with van der Waals surface area (Å²) in [6.45, 7) is 5.72. The Morgan fingerprint density at radius 1 is 1.14 bits per heavy atom. The van der Waals surface area contributed by atoms with Crippen molar-refractivity contribution >= 4 is 33.5 Å². The van der Waals surface area contributed by atoms with Crippen LogP contribution in [0.25, 0.3) is 0 Å². The van der Waals surface area contributed by atoms with Crippen molar-refractivity contribution in [2.75, 3.05) is 6.61 Å². The third-order valence-electron chi connectivity index (χ3n) is 6.30. The number of halogens is 3. The van der Waals surface area contributed by atoms with Crippen LogP contribution < -0.4 is 4.74 Å². The van der Waals surface area contributed by atoms with Gasteiger partial charge in [0.2, 0.25) is 0 Å². The van der Waals surface area contributed by atoms with E-state index < -0.39 is 24.8 Å². The Labute approximate surface area is 217 Å². The van der Waals surface area contributed by atoms with E-state index in [1.165, 1.54) is 12.1 Å². The van der Waals surface area contributed by atoms with Crippen LogP contribution in [0.3, 0.4) is 0 Å². The second-order valence-electron chi connectivity index (χ2n) is 8.71. The summed E-state index contributed by atoms with van der Waals surface area (Å²) in [7, 11) is 0. The minimum absolute atomic E-state index is 0.102. The van der Waals surface area contributed by atoms with Gasteiger partial charge in [-0.15, -0.1) is 0 Å². The fourth-order valence-electron chi connectivity index (χ4n) is 4.66. The molecule has 0 aliphatic carbocycles. The summed E-state index contributed by atoms with van der Waals surface area (Å²) in [6, 6.07) is 19.4. The lowest BCUT2D eigenvalue weighted by Gasteiger charge is -2.43. The third kappa shape index (κ3) is 5.77. The number of carboxylic acids is 1. The predicted octanol–water partition coefficient (Wildman–Crippen LogP) is 7.88. The minimum atomic E-state index is -1.07. The van der Waals surface area contributed by atoms with Crippen molar-refractivity contribution in [2.45, 2.75) is 31.5 Å². The highest BCUT2D eigenvalue weighted by atomic mass is 79.9. The minimum Gasteiger partial charge on any atom is -0.482 e. The van der Waals surface area contributed by atoms with Crippen LogP contribution in [0, 0.1) is 11.7 Å². The van der Waals surface area contributed by atoms with Crippen LogP contribution in [-0.4, -0.2) is 17.7 Å². The fraction of sp³-hybridized carbons (Fsp3) is 0.250. The maximum absolute atomic E-state index is 13.8. The molecule has 1 heterocycles. The molecule has 1 N–H and O–H groups in total. The molecule has 1 fully saturated rings. The van der Waals surface area contributed by atoms with Gasteiger partial charge >= 0.3 is 5.97 Å². The predicted molar refractivity (Wildman–Crippen MR) is 137 cm³/mol. The molecule has 35 heavy (non-hydrogen) atoms. The van der Waals surface area contributed by atoms with Gasteiger partial charge in [0.15, 0.2) is 6.61 Å². The molecule has 0 bridgehead atoms. The number of benzene rings is 3. The highest BCUT2D eigenvalue weighted by Gasteiger charge is 2.42. The number of ether oxygens (including phenoxy) is 2. The molecule has 4 nitrogen and oxygen atoms in total. The van der Waals surface area contributed by atoms with E-state index in [0.717, 1.165) is 26.7 Å². The van der Waals surface area contributed by atoms with E-state index in [1.54, 1.807) is 24.3 Å². The molecule has 0 aromatic heterocycles. The van der Waals surface area contributed by atoms with Gasteiger partial charge in [0.1, 0.15) is 11.6 Å². The first-order valence-electron chi connectivity index (χ1n) is 11.2. The van der Waals surface area contributed by atoms with E-state index >= 15 is 0 Å². The van der Waals surface area contributed by atoms with Crippen molar-refractivity contribution in [3.8, 4) is 5.75 Å². The van der Waals surface area contributed by atoms with Crippen LogP contribution >= 0.6 is 27.5 Å². The van der Waals surface area contributed by atoms with Gasteiger partial charge < -0.3 is 14.6 Å². The summed E-state index contributed by atoms with van der Waals surface area (Å²) in [6.07, 6.45) is -0.221. The second kappa shape index (κ2) is 10.9. The van der Waals surface area contributed by atoms with Crippen molar-refractivity contribution in [1.29, 1.82) is 0 Å². The first-order valence-corrected chi connectivity index (χ1v) is 12.4. The molecule has 1 saturated heterocycles. The molecule has 4 rings (SSSR count). The molecule has 3 aromatic carbocycles. The summed E-state index contributed by atoms with van der Waals surface area (Å²) in [5.41, 5.74) is 3.42. The lowest BCUT2D eigenvalue weighted by Crippen LogP contribution is -2.32. The normalized spacial score (nSPS) is 21.9. The molecule has 0 radical (unpaired) electrons. The SMILES string of the molecule is C=C(C)[C@H]1C[C@H](c2ccccc2Cl)[C@H](c2ccc(F)cc2)O[C@@H]1c1cc(Br)ccc1OCC(=O)O. The average Bonchev–Trinajstić information content (AvgIpc) is 2.83. The summed E-state index contributed by atoms with van der Waals surface area (Å²) >= 11 is 10.1. The summed E-state index contributed by atoms with van der Waals surface area (Å²) in [5.74, 6) is -1.17. The van der Waals surface area contributed by atoms with E-state index in [9.17, 15) is 9.18 Å². The summed E-state index contributed by atoms with van der Waals surface area (Å²) in [4.78, 5) is 11.2. The molecule has 3 aromatic rings. The van der Waals surface area contributed by atoms with Gasteiger partial charge in [-0.2, -0.15) is 0 Å². The molecule has 182 valence electrons. The average molecular weight is 560 g/mol. The van der Waals surface area contributed by atoms with Crippen LogP contribution in [0.15, 0.2) is 83.4 Å². The van der Waals surface area contributed by atoms with Gasteiger partial charge in [0.25, 0.3) is 0 Å². The monoisotopic (exact) mass is 558 g/mol. The maximum Gasteiger partial charge on any atom is 0.341 e. The number of aliphatic carboxylic acids is 1. The van der Waals surface area contributed by atoms with Crippen LogP contribution in [0.1, 0.15) is 48.2 Å². The molecule has 7 heteroatoms. The maximum atomic E-state index is 13.8. The Kier molecular flexibility index (Phi) is 7.95. The molecule has 0 unspecified atom stereocenters. The Hall–Kier alpha value is -2.67. The van der Waals surface area contributed by atoms with E-state index in [0.29, 0.717) is 17.2 Å². The highest BCUT2D eigenvalue weighted by molar-refractivity contribution is 9.10. The molecule has 0 spiro atoms. The standard InChI is InChI=1S/C28H25BrClFO4/c1-16(2)21-14-22(20-5-3-4-6-24(20)30)27(17-7-10-19(31)11-8-17)35-28(21)23-13-18(29)9-12-25(23)34-15-26(32)33/h3-13,21-22,27-28H,1,14-15H2,2H3,(H,32,33)/t21-,22-,27+,28+/m1/s1. The second-order valence-corrected chi connectivity index (χ2v) is 10.0. The fourth-order valence-corrected chi connectivity index (χ4v) is 5.31. The molecule has 4 atom stereocenters.